The van der Waals surface area contributed by atoms with Crippen molar-refractivity contribution in [1.29, 1.82) is 0 Å². The van der Waals surface area contributed by atoms with E-state index in [1.807, 2.05) is 87.5 Å². The van der Waals surface area contributed by atoms with Crippen LogP contribution in [0.15, 0.2) is 191 Å². The van der Waals surface area contributed by atoms with Crippen LogP contribution >= 0.6 is 69.3 Å². The number of esters is 1. The summed E-state index contributed by atoms with van der Waals surface area (Å²) in [7, 11) is 0. The molecule has 63 heavy (non-hydrogen) atoms. The molecule has 0 atom stereocenters. The van der Waals surface area contributed by atoms with E-state index >= 15 is 0 Å². The van der Waals surface area contributed by atoms with Crippen LogP contribution in [0.4, 0.5) is 5.69 Å². The van der Waals surface area contributed by atoms with Crippen LogP contribution in [0.25, 0.3) is 71.3 Å². The van der Waals surface area contributed by atoms with E-state index in [0.29, 0.717) is 5.75 Å². The Morgan fingerprint density at radius 3 is 1.43 bits per heavy atom. The lowest BCUT2D eigenvalue weighted by Crippen LogP contribution is -2.37. The third kappa shape index (κ3) is 8.00. The van der Waals surface area contributed by atoms with E-state index in [4.69, 9.17) is 4.74 Å². The van der Waals surface area contributed by atoms with Crippen molar-refractivity contribution in [1.82, 2.24) is 0 Å². The number of nitrogens with one attached hydrogen (secondary N) is 1. The summed E-state index contributed by atoms with van der Waals surface area (Å²) in [5, 5.41) is 14.1. The molecule has 0 aliphatic carbocycles. The number of anilines is 1. The van der Waals surface area contributed by atoms with Gasteiger partial charge in [-0.05, 0) is 71.4 Å². The van der Waals surface area contributed by atoms with Gasteiger partial charge in [-0.1, -0.05) is 110 Å². The number of ether oxygens (including phenoxy) is 1. The number of thiophene rings is 3. The number of carbonyl (C=O) groups excluding carboxylic acids is 1. The van der Waals surface area contributed by atoms with Gasteiger partial charge in [-0.2, -0.15) is 0 Å². The molecule has 0 radical (unpaired) electrons. The SMILES string of the molecule is C=CC(=O)Oc1ccc2cc(NCC(CSc3cccc4c3sc3ccccc34)(CSc3cccc4c3sc3ccccc34)CSc3cccc4c3sc3ccccc34)ccc2c1. The van der Waals surface area contributed by atoms with Gasteiger partial charge in [-0.25, -0.2) is 4.79 Å². The minimum absolute atomic E-state index is 0.172. The molecule has 0 aliphatic rings. The van der Waals surface area contributed by atoms with E-state index in [-0.39, 0.29) is 5.41 Å². The summed E-state index contributed by atoms with van der Waals surface area (Å²) in [5.74, 6) is 2.81. The average Bonchev–Trinajstić information content (AvgIpc) is 4.03. The maximum Gasteiger partial charge on any atom is 0.335 e. The zero-order valence-corrected chi connectivity index (χ0v) is 38.9. The van der Waals surface area contributed by atoms with E-state index < -0.39 is 5.97 Å². The molecule has 0 spiro atoms. The van der Waals surface area contributed by atoms with E-state index in [1.54, 1.807) is 0 Å². The molecular formula is C54H39NO2S6. The molecule has 0 bridgehead atoms. The van der Waals surface area contributed by atoms with Gasteiger partial charge in [-0.15, -0.1) is 69.3 Å². The van der Waals surface area contributed by atoms with E-state index in [0.717, 1.165) is 40.3 Å². The molecule has 8 aromatic carbocycles. The van der Waals surface area contributed by atoms with Crippen LogP contribution in [0, 0.1) is 5.41 Å². The molecule has 3 heterocycles. The smallest absolute Gasteiger partial charge is 0.335 e. The molecule has 0 aliphatic heterocycles. The lowest BCUT2D eigenvalue weighted by atomic mass is 9.95. The van der Waals surface area contributed by atoms with Crippen LogP contribution < -0.4 is 10.1 Å². The summed E-state index contributed by atoms with van der Waals surface area (Å²) in [6.07, 6.45) is 1.19. The molecule has 0 unspecified atom stereocenters. The first-order valence-corrected chi connectivity index (χ1v) is 26.1. The fourth-order valence-corrected chi connectivity index (χ4v) is 16.5. The quantitative estimate of drug-likeness (QED) is 0.0507. The highest BCUT2D eigenvalue weighted by atomic mass is 32.2. The number of hydrogen-bond donors (Lipinski definition) is 1. The van der Waals surface area contributed by atoms with Gasteiger partial charge in [-0.3, -0.25) is 0 Å². The van der Waals surface area contributed by atoms with Gasteiger partial charge in [0.15, 0.2) is 0 Å². The summed E-state index contributed by atoms with van der Waals surface area (Å²) < 4.78 is 13.5. The Morgan fingerprint density at radius 1 is 0.524 bits per heavy atom. The highest BCUT2D eigenvalue weighted by Gasteiger charge is 2.33. The van der Waals surface area contributed by atoms with Crippen molar-refractivity contribution in [2.75, 3.05) is 29.1 Å². The zero-order chi connectivity index (χ0) is 42.3. The number of hydrogen-bond acceptors (Lipinski definition) is 9. The Hall–Kier alpha value is -5.26. The first kappa shape index (κ1) is 40.5. The summed E-state index contributed by atoms with van der Waals surface area (Å²) in [6.45, 7) is 4.31. The van der Waals surface area contributed by atoms with E-state index in [2.05, 4.69) is 157 Å². The van der Waals surface area contributed by atoms with Crippen LogP contribution in [-0.4, -0.2) is 29.8 Å². The predicted octanol–water partition coefficient (Wildman–Crippen LogP) is 16.8. The second kappa shape index (κ2) is 17.4. The highest BCUT2D eigenvalue weighted by molar-refractivity contribution is 8.01. The van der Waals surface area contributed by atoms with Gasteiger partial charge in [0, 0.05) is 116 Å². The number of fused-ring (bicyclic) bond motifs is 10. The van der Waals surface area contributed by atoms with E-state index in [1.165, 1.54) is 81.3 Å². The Labute approximate surface area is 390 Å². The lowest BCUT2D eigenvalue weighted by Gasteiger charge is -2.34. The molecule has 308 valence electrons. The molecule has 1 N–H and O–H groups in total. The van der Waals surface area contributed by atoms with Gasteiger partial charge >= 0.3 is 5.97 Å². The molecule has 9 heteroatoms. The lowest BCUT2D eigenvalue weighted by molar-refractivity contribution is -0.128. The van der Waals surface area contributed by atoms with Gasteiger partial charge in [0.05, 0.1) is 0 Å². The van der Waals surface area contributed by atoms with Gasteiger partial charge < -0.3 is 10.1 Å². The van der Waals surface area contributed by atoms with Gasteiger partial charge in [0.1, 0.15) is 5.75 Å². The van der Waals surface area contributed by atoms with Crippen LogP contribution in [0.1, 0.15) is 0 Å². The third-order valence-corrected chi connectivity index (χ3v) is 19.8. The molecule has 11 rings (SSSR count). The molecule has 0 saturated heterocycles. The fraction of sp³-hybridized carbons (Fsp3) is 0.0926. The maximum atomic E-state index is 11.9. The minimum Gasteiger partial charge on any atom is -0.423 e. The predicted molar refractivity (Wildman–Crippen MR) is 281 cm³/mol. The molecule has 3 nitrogen and oxygen atoms in total. The van der Waals surface area contributed by atoms with Gasteiger partial charge in [0.25, 0.3) is 0 Å². The molecule has 3 aromatic heterocycles. The monoisotopic (exact) mass is 925 g/mol. The summed E-state index contributed by atoms with van der Waals surface area (Å²) in [6, 6.07) is 59.1. The second-order valence-corrected chi connectivity index (χ2v) is 22.0. The normalized spacial score (nSPS) is 12.1. The average molecular weight is 926 g/mol. The van der Waals surface area contributed by atoms with Crippen molar-refractivity contribution >= 4 is 152 Å². The maximum absolute atomic E-state index is 11.9. The minimum atomic E-state index is -0.464. The second-order valence-electron chi connectivity index (χ2n) is 15.8. The fourth-order valence-electron chi connectivity index (χ4n) is 8.32. The largest absolute Gasteiger partial charge is 0.423 e. The molecule has 0 amide bonds. The molecule has 0 saturated carbocycles. The van der Waals surface area contributed by atoms with Crippen LogP contribution in [0.2, 0.25) is 0 Å². The summed E-state index contributed by atoms with van der Waals surface area (Å²) in [5.41, 5.74) is 0.890. The summed E-state index contributed by atoms with van der Waals surface area (Å²) in [4.78, 5) is 16.0. The first-order chi connectivity index (χ1) is 31.0. The number of benzene rings is 8. The number of carbonyl (C=O) groups is 1. The Bertz CT molecular complexity index is 3250. The van der Waals surface area contributed by atoms with Crippen LogP contribution in [-0.2, 0) is 4.79 Å². The first-order valence-electron chi connectivity index (χ1n) is 20.7. The summed E-state index contributed by atoms with van der Waals surface area (Å²) >= 11 is 11.7. The van der Waals surface area contributed by atoms with Crippen molar-refractivity contribution in [2.45, 2.75) is 14.7 Å². The molecule has 11 aromatic rings. The van der Waals surface area contributed by atoms with Crippen molar-refractivity contribution in [3.8, 4) is 5.75 Å². The standard InChI is InChI=1S/C54H39NO2S6/c1-2-50(56)57-37-27-25-34-28-36(26-24-35(34)29-37)55-30-54(31-58-47-21-9-15-41-38-12-3-6-18-44(38)61-51(41)47,32-59-48-22-10-16-42-39-13-4-7-19-45(39)62-52(42)48)33-60-49-23-11-17-43-40-14-5-8-20-46(40)63-53(43)49/h2-29,55H,1,30-33H2. The van der Waals surface area contributed by atoms with Crippen molar-refractivity contribution in [2.24, 2.45) is 5.41 Å². The molecule has 0 fully saturated rings. The van der Waals surface area contributed by atoms with E-state index in [9.17, 15) is 4.79 Å². The van der Waals surface area contributed by atoms with Crippen molar-refractivity contribution < 1.29 is 9.53 Å². The number of thioether (sulfide) groups is 3. The molecular weight excluding hydrogens is 887 g/mol. The Balaban J connectivity index is 0.990. The zero-order valence-electron chi connectivity index (χ0n) is 34.0. The number of rotatable bonds is 14. The topological polar surface area (TPSA) is 38.3 Å². The van der Waals surface area contributed by atoms with Crippen molar-refractivity contribution in [3.63, 3.8) is 0 Å². The Kier molecular flexibility index (Phi) is 11.2. The third-order valence-electron chi connectivity index (χ3n) is 11.6. The highest BCUT2D eigenvalue weighted by Crippen LogP contribution is 2.47. The van der Waals surface area contributed by atoms with Gasteiger partial charge in [0.2, 0.25) is 0 Å². The van der Waals surface area contributed by atoms with Crippen molar-refractivity contribution in [3.05, 3.63) is 176 Å². The Morgan fingerprint density at radius 2 is 0.952 bits per heavy atom. The van der Waals surface area contributed by atoms with Crippen LogP contribution in [0.3, 0.4) is 0 Å². The van der Waals surface area contributed by atoms with Crippen LogP contribution in [0.5, 0.6) is 5.75 Å².